The normalized spacial score (nSPS) is 17.0. The number of hydrogen-bond acceptors (Lipinski definition) is 5. The van der Waals surface area contributed by atoms with Gasteiger partial charge < -0.3 is 20.6 Å². The number of aliphatic hydroxyl groups is 3. The highest BCUT2D eigenvalue weighted by molar-refractivity contribution is 6.34. The predicted octanol–water partition coefficient (Wildman–Crippen LogP) is 3.53. The van der Waals surface area contributed by atoms with Gasteiger partial charge in [-0.05, 0) is 31.0 Å². The number of amides is 1. The van der Waals surface area contributed by atoms with Gasteiger partial charge in [0, 0.05) is 17.5 Å². The second-order valence-corrected chi connectivity index (χ2v) is 9.31. The molecule has 0 bridgehead atoms. The number of rotatable bonds is 7. The van der Waals surface area contributed by atoms with Crippen molar-refractivity contribution < 1.29 is 20.1 Å². The van der Waals surface area contributed by atoms with Gasteiger partial charge in [0.05, 0.1) is 41.0 Å². The molecule has 2 aromatic carbocycles. The smallest absolute Gasteiger partial charge is 0.252 e. The first-order chi connectivity index (χ1) is 15.9. The molecule has 7 nitrogen and oxygen atoms in total. The number of fused-ring (bicyclic) bond motifs is 1. The molecule has 1 heterocycles. The Hall–Kier alpha value is -2.45. The topological polar surface area (TPSA) is 108 Å². The fourth-order valence-electron chi connectivity index (χ4n) is 4.49. The van der Waals surface area contributed by atoms with Crippen LogP contribution < -0.4 is 5.32 Å². The lowest BCUT2D eigenvalue weighted by atomic mass is 9.94. The molecule has 0 aliphatic heterocycles. The molecular weight excluding hydrogens is 442 g/mol. The Morgan fingerprint density at radius 2 is 1.88 bits per heavy atom. The van der Waals surface area contributed by atoms with E-state index in [2.05, 4.69) is 10.4 Å². The average molecular weight is 472 g/mol. The zero-order valence-corrected chi connectivity index (χ0v) is 19.3. The van der Waals surface area contributed by atoms with E-state index in [-0.39, 0.29) is 25.6 Å². The lowest BCUT2D eigenvalue weighted by Gasteiger charge is -2.26. The highest BCUT2D eigenvalue weighted by Crippen LogP contribution is 2.31. The van der Waals surface area contributed by atoms with E-state index in [1.165, 1.54) is 0 Å². The molecular formula is C25H30ClN3O4. The summed E-state index contributed by atoms with van der Waals surface area (Å²) in [6.07, 6.45) is 4.59. The predicted molar refractivity (Wildman–Crippen MR) is 128 cm³/mol. The van der Waals surface area contributed by atoms with Gasteiger partial charge in [-0.25, -0.2) is 0 Å². The van der Waals surface area contributed by atoms with Crippen LogP contribution in [0.25, 0.3) is 22.2 Å². The minimum absolute atomic E-state index is 0.149. The molecule has 1 aliphatic rings. The molecule has 0 saturated heterocycles. The minimum atomic E-state index is -0.928. The summed E-state index contributed by atoms with van der Waals surface area (Å²) in [4.78, 5) is 13.0. The third kappa shape index (κ3) is 5.38. The van der Waals surface area contributed by atoms with E-state index in [1.54, 1.807) is 22.9 Å². The van der Waals surface area contributed by atoms with Gasteiger partial charge in [0.25, 0.3) is 5.91 Å². The maximum atomic E-state index is 13.0. The van der Waals surface area contributed by atoms with Gasteiger partial charge in [0.1, 0.15) is 5.69 Å². The third-order valence-corrected chi connectivity index (χ3v) is 6.68. The van der Waals surface area contributed by atoms with Crippen molar-refractivity contribution in [3.8, 4) is 11.3 Å². The zero-order chi connectivity index (χ0) is 23.4. The number of nitrogens with one attached hydrogen (secondary N) is 1. The lowest BCUT2D eigenvalue weighted by molar-refractivity contribution is 0.0246. The Balaban J connectivity index is 1.61. The maximum absolute atomic E-state index is 13.0. The molecule has 8 heteroatoms. The first kappa shape index (κ1) is 23.7. The Morgan fingerprint density at radius 3 is 2.61 bits per heavy atom. The summed E-state index contributed by atoms with van der Waals surface area (Å²) in [5.41, 5.74) is 1.63. The van der Waals surface area contributed by atoms with Crippen LogP contribution in [0.3, 0.4) is 0 Å². The van der Waals surface area contributed by atoms with E-state index in [1.807, 2.05) is 24.3 Å². The van der Waals surface area contributed by atoms with E-state index in [9.17, 15) is 20.1 Å². The number of benzene rings is 2. The number of para-hydroxylation sites is 1. The van der Waals surface area contributed by atoms with E-state index in [4.69, 9.17) is 11.6 Å². The minimum Gasteiger partial charge on any atom is -0.394 e. The standard InChI is InChI=1S/C25H30ClN3O4/c26-21-10-9-17(13-20(21)24(32)27-16-25(33)11-5-1-2-6-12-25)23-19-7-3-4-8-22(19)29(28-23)14-18(31)15-30/h3-4,7-10,13,18,30-31,33H,1-2,5-6,11-12,14-16H2,(H,27,32). The molecule has 1 aromatic heterocycles. The SMILES string of the molecule is O=C(NCC1(O)CCCCCC1)c1cc(-c2nn(CC(O)CO)c3ccccc23)ccc1Cl. The van der Waals surface area contributed by atoms with Crippen molar-refractivity contribution in [1.82, 2.24) is 15.1 Å². The highest BCUT2D eigenvalue weighted by Gasteiger charge is 2.29. The molecule has 1 aliphatic carbocycles. The quantitative estimate of drug-likeness (QED) is 0.394. The van der Waals surface area contributed by atoms with Crippen molar-refractivity contribution in [2.45, 2.75) is 56.8 Å². The second-order valence-electron chi connectivity index (χ2n) is 8.90. The molecule has 1 atom stereocenters. The van der Waals surface area contributed by atoms with Gasteiger partial charge in [-0.3, -0.25) is 9.48 Å². The van der Waals surface area contributed by atoms with Crippen LogP contribution in [0.4, 0.5) is 0 Å². The van der Waals surface area contributed by atoms with E-state index in [0.29, 0.717) is 34.7 Å². The molecule has 3 aromatic rings. The number of hydrogen-bond donors (Lipinski definition) is 4. The molecule has 33 heavy (non-hydrogen) atoms. The Morgan fingerprint density at radius 1 is 1.15 bits per heavy atom. The summed E-state index contributed by atoms with van der Waals surface area (Å²) in [5, 5.41) is 38.7. The molecule has 0 radical (unpaired) electrons. The lowest BCUT2D eigenvalue weighted by Crippen LogP contribution is -2.42. The number of aliphatic hydroxyl groups excluding tert-OH is 2. The van der Waals surface area contributed by atoms with Crippen LogP contribution in [-0.2, 0) is 6.54 Å². The zero-order valence-electron chi connectivity index (χ0n) is 18.5. The average Bonchev–Trinajstić information content (AvgIpc) is 3.03. The van der Waals surface area contributed by atoms with Crippen molar-refractivity contribution in [3.63, 3.8) is 0 Å². The summed E-state index contributed by atoms with van der Waals surface area (Å²) in [6, 6.07) is 12.8. The summed E-state index contributed by atoms with van der Waals surface area (Å²) in [6.45, 7) is -0.0132. The maximum Gasteiger partial charge on any atom is 0.252 e. The Labute approximate surface area is 198 Å². The first-order valence-corrected chi connectivity index (χ1v) is 11.8. The highest BCUT2D eigenvalue weighted by atomic mass is 35.5. The second kappa shape index (κ2) is 10.2. The van der Waals surface area contributed by atoms with Crippen molar-refractivity contribution >= 4 is 28.4 Å². The fraction of sp³-hybridized carbons (Fsp3) is 0.440. The number of halogens is 1. The van der Waals surface area contributed by atoms with Gasteiger partial charge >= 0.3 is 0 Å². The third-order valence-electron chi connectivity index (χ3n) is 6.35. The summed E-state index contributed by atoms with van der Waals surface area (Å²) in [7, 11) is 0. The van der Waals surface area contributed by atoms with E-state index >= 15 is 0 Å². The van der Waals surface area contributed by atoms with Gasteiger partial charge in [-0.1, -0.05) is 61.5 Å². The fourth-order valence-corrected chi connectivity index (χ4v) is 4.69. The first-order valence-electron chi connectivity index (χ1n) is 11.5. The number of carbonyl (C=O) groups is 1. The van der Waals surface area contributed by atoms with Crippen LogP contribution in [0.1, 0.15) is 48.9 Å². The van der Waals surface area contributed by atoms with Crippen molar-refractivity contribution in [2.24, 2.45) is 0 Å². The van der Waals surface area contributed by atoms with Crippen LogP contribution in [0.2, 0.25) is 5.02 Å². The summed E-state index contributed by atoms with van der Waals surface area (Å²) in [5.74, 6) is -0.334. The van der Waals surface area contributed by atoms with Crippen molar-refractivity contribution in [2.75, 3.05) is 13.2 Å². The van der Waals surface area contributed by atoms with Crippen molar-refractivity contribution in [3.05, 3.63) is 53.1 Å². The van der Waals surface area contributed by atoms with Gasteiger partial charge in [-0.15, -0.1) is 0 Å². The summed E-state index contributed by atoms with van der Waals surface area (Å²) < 4.78 is 1.65. The van der Waals surface area contributed by atoms with Crippen LogP contribution in [0.5, 0.6) is 0 Å². The monoisotopic (exact) mass is 471 g/mol. The summed E-state index contributed by atoms with van der Waals surface area (Å²) >= 11 is 6.36. The van der Waals surface area contributed by atoms with Crippen LogP contribution in [0.15, 0.2) is 42.5 Å². The largest absolute Gasteiger partial charge is 0.394 e. The van der Waals surface area contributed by atoms with Gasteiger partial charge in [0.15, 0.2) is 0 Å². The molecule has 4 N–H and O–H groups in total. The Kier molecular flexibility index (Phi) is 7.34. The molecule has 1 saturated carbocycles. The molecule has 0 spiro atoms. The number of aromatic nitrogens is 2. The molecule has 1 amide bonds. The van der Waals surface area contributed by atoms with Crippen LogP contribution in [-0.4, -0.2) is 55.9 Å². The van der Waals surface area contributed by atoms with Gasteiger partial charge in [0.2, 0.25) is 0 Å². The van der Waals surface area contributed by atoms with E-state index < -0.39 is 11.7 Å². The van der Waals surface area contributed by atoms with Crippen LogP contribution >= 0.6 is 11.6 Å². The van der Waals surface area contributed by atoms with E-state index in [0.717, 1.165) is 36.6 Å². The molecule has 4 rings (SSSR count). The number of carbonyl (C=O) groups excluding carboxylic acids is 1. The van der Waals surface area contributed by atoms with Crippen molar-refractivity contribution in [1.29, 1.82) is 0 Å². The molecule has 176 valence electrons. The number of nitrogens with zero attached hydrogens (tertiary/aromatic N) is 2. The Bertz CT molecular complexity index is 1120. The molecule has 1 unspecified atom stereocenters. The molecule has 1 fully saturated rings. The van der Waals surface area contributed by atoms with Gasteiger partial charge in [-0.2, -0.15) is 5.10 Å². The van der Waals surface area contributed by atoms with Crippen LogP contribution in [0, 0.1) is 0 Å².